The Morgan fingerprint density at radius 3 is 2.42 bits per heavy atom. The van der Waals surface area contributed by atoms with E-state index in [1.165, 1.54) is 41.7 Å². The van der Waals surface area contributed by atoms with E-state index in [1.807, 2.05) is 0 Å². The number of aromatic nitrogens is 1. The number of amides is 1. The number of para-hydroxylation sites is 2. The third-order valence-corrected chi connectivity index (χ3v) is 10.3. The molecule has 40 heavy (non-hydrogen) atoms. The highest BCUT2D eigenvalue weighted by Gasteiger charge is 2.27. The van der Waals surface area contributed by atoms with E-state index in [2.05, 4.69) is 15.0 Å². The van der Waals surface area contributed by atoms with Gasteiger partial charge in [0.2, 0.25) is 15.9 Å². The summed E-state index contributed by atoms with van der Waals surface area (Å²) in [6.07, 6.45) is 1.71. The van der Waals surface area contributed by atoms with Gasteiger partial charge in [0.15, 0.2) is 5.58 Å². The number of nitrogens with one attached hydrogen (secondary N) is 2. The van der Waals surface area contributed by atoms with Gasteiger partial charge in [-0.15, -0.1) is 0 Å². The maximum Gasteiger partial charge on any atom is 0.262 e. The molecule has 0 bridgehead atoms. The summed E-state index contributed by atoms with van der Waals surface area (Å²) in [5.41, 5.74) is 1.45. The van der Waals surface area contributed by atoms with Gasteiger partial charge in [0.25, 0.3) is 15.2 Å². The van der Waals surface area contributed by atoms with Crippen molar-refractivity contribution in [2.45, 2.75) is 27.9 Å². The monoisotopic (exact) mass is 602 g/mol. The van der Waals surface area contributed by atoms with Crippen molar-refractivity contribution >= 4 is 60.2 Å². The molecular weight excluding hydrogens is 577 g/mol. The lowest BCUT2D eigenvalue weighted by Gasteiger charge is -2.15. The van der Waals surface area contributed by atoms with Crippen molar-refractivity contribution in [3.8, 4) is 5.75 Å². The van der Waals surface area contributed by atoms with Crippen LogP contribution in [0.1, 0.15) is 12.8 Å². The van der Waals surface area contributed by atoms with Crippen molar-refractivity contribution in [2.75, 3.05) is 36.0 Å². The van der Waals surface area contributed by atoms with E-state index < -0.39 is 20.0 Å². The third-order valence-electron chi connectivity index (χ3n) is 6.17. The number of methoxy groups -OCH3 is 1. The van der Waals surface area contributed by atoms with Crippen molar-refractivity contribution in [1.82, 2.24) is 9.29 Å². The van der Waals surface area contributed by atoms with Crippen LogP contribution in [0.2, 0.25) is 0 Å². The van der Waals surface area contributed by atoms with Crippen LogP contribution < -0.4 is 14.8 Å². The standard InChI is InChI=1S/C26H26N4O7S3/c1-36-23-7-3-2-6-21(23)29-39(32,33)20-12-13-24-22(16-20)28-26(37-24)38-17-25(31)27-18-8-10-19(11-9-18)40(34,35)30-14-4-5-15-30/h2-3,6-13,16,29H,4-5,14-15,17H2,1H3,(H,27,31). The quantitative estimate of drug-likeness (QED) is 0.255. The largest absolute Gasteiger partial charge is 0.495 e. The van der Waals surface area contributed by atoms with Crippen LogP contribution in [-0.2, 0) is 24.8 Å². The number of carbonyl (C=O) groups is 1. The number of thioether (sulfide) groups is 1. The highest BCUT2D eigenvalue weighted by Crippen LogP contribution is 2.29. The molecule has 2 N–H and O–H groups in total. The van der Waals surface area contributed by atoms with Gasteiger partial charge >= 0.3 is 0 Å². The summed E-state index contributed by atoms with van der Waals surface area (Å²) in [7, 11) is -6.00. The lowest BCUT2D eigenvalue weighted by Crippen LogP contribution is -2.27. The van der Waals surface area contributed by atoms with Crippen LogP contribution in [0.3, 0.4) is 0 Å². The number of hydrogen-bond donors (Lipinski definition) is 2. The molecule has 14 heteroatoms. The fraction of sp³-hybridized carbons (Fsp3) is 0.231. The van der Waals surface area contributed by atoms with Gasteiger partial charge in [-0.2, -0.15) is 4.31 Å². The predicted octanol–water partition coefficient (Wildman–Crippen LogP) is 4.15. The molecule has 0 saturated carbocycles. The Morgan fingerprint density at radius 1 is 1.00 bits per heavy atom. The van der Waals surface area contributed by atoms with E-state index in [0.717, 1.165) is 24.6 Å². The minimum atomic E-state index is -3.93. The summed E-state index contributed by atoms with van der Waals surface area (Å²) in [5.74, 6) is 0.0153. The van der Waals surface area contributed by atoms with Gasteiger partial charge < -0.3 is 14.5 Å². The summed E-state index contributed by atoms with van der Waals surface area (Å²) in [6, 6.07) is 17.0. The number of nitrogens with zero attached hydrogens (tertiary/aromatic N) is 2. The van der Waals surface area contributed by atoms with Crippen LogP contribution in [0, 0.1) is 0 Å². The topological polar surface area (TPSA) is 148 Å². The van der Waals surface area contributed by atoms with Crippen LogP contribution in [-0.4, -0.2) is 58.0 Å². The summed E-state index contributed by atoms with van der Waals surface area (Å²) in [4.78, 5) is 17.0. The average Bonchev–Trinajstić information content (AvgIpc) is 3.63. The second-order valence-electron chi connectivity index (χ2n) is 8.89. The predicted molar refractivity (Wildman–Crippen MR) is 152 cm³/mol. The summed E-state index contributed by atoms with van der Waals surface area (Å²) in [6.45, 7) is 1.04. The molecule has 1 aliphatic heterocycles. The number of sulfonamides is 2. The summed E-state index contributed by atoms with van der Waals surface area (Å²) < 4.78 is 66.0. The maximum absolute atomic E-state index is 12.9. The van der Waals surface area contributed by atoms with Crippen molar-refractivity contribution in [2.24, 2.45) is 0 Å². The lowest BCUT2D eigenvalue weighted by molar-refractivity contribution is -0.113. The van der Waals surface area contributed by atoms with E-state index in [4.69, 9.17) is 9.15 Å². The minimum absolute atomic E-state index is 0.0105. The zero-order chi connectivity index (χ0) is 28.3. The SMILES string of the molecule is COc1ccccc1NS(=O)(=O)c1ccc2oc(SCC(=O)Nc3ccc(S(=O)(=O)N4CCCC4)cc3)nc2c1. The summed E-state index contributed by atoms with van der Waals surface area (Å²) in [5, 5.41) is 2.92. The van der Waals surface area contributed by atoms with Gasteiger partial charge in [0.1, 0.15) is 11.3 Å². The molecule has 0 unspecified atom stereocenters. The van der Waals surface area contributed by atoms with E-state index in [9.17, 15) is 21.6 Å². The van der Waals surface area contributed by atoms with Crippen LogP contribution in [0.4, 0.5) is 11.4 Å². The van der Waals surface area contributed by atoms with Crippen molar-refractivity contribution in [1.29, 1.82) is 0 Å². The number of fused-ring (bicyclic) bond motifs is 1. The molecule has 1 saturated heterocycles. The highest BCUT2D eigenvalue weighted by molar-refractivity contribution is 7.99. The Kier molecular flexibility index (Phi) is 8.03. The number of oxazole rings is 1. The maximum atomic E-state index is 12.9. The van der Waals surface area contributed by atoms with Crippen molar-refractivity contribution < 1.29 is 30.8 Å². The van der Waals surface area contributed by atoms with Crippen LogP contribution in [0.15, 0.2) is 86.2 Å². The number of hydrogen-bond acceptors (Lipinski definition) is 9. The van der Waals surface area contributed by atoms with Crippen LogP contribution >= 0.6 is 11.8 Å². The molecule has 0 aliphatic carbocycles. The Morgan fingerprint density at radius 2 is 1.70 bits per heavy atom. The normalized spacial score (nSPS) is 14.3. The van der Waals surface area contributed by atoms with E-state index in [0.29, 0.717) is 41.3 Å². The van der Waals surface area contributed by atoms with Crippen molar-refractivity contribution in [3.05, 3.63) is 66.7 Å². The first-order valence-electron chi connectivity index (χ1n) is 12.2. The second kappa shape index (κ2) is 11.5. The smallest absolute Gasteiger partial charge is 0.262 e. The lowest BCUT2D eigenvalue weighted by atomic mass is 10.3. The van der Waals surface area contributed by atoms with E-state index in [-0.39, 0.29) is 26.7 Å². The number of anilines is 2. The molecule has 0 atom stereocenters. The molecule has 11 nitrogen and oxygen atoms in total. The van der Waals surface area contributed by atoms with Crippen molar-refractivity contribution in [3.63, 3.8) is 0 Å². The first kappa shape index (κ1) is 28.0. The van der Waals surface area contributed by atoms with Gasteiger partial charge in [-0.3, -0.25) is 9.52 Å². The molecule has 4 aromatic rings. The van der Waals surface area contributed by atoms with E-state index in [1.54, 1.807) is 36.4 Å². The Labute approximate surface area is 236 Å². The zero-order valence-electron chi connectivity index (χ0n) is 21.4. The molecule has 2 heterocycles. The molecule has 5 rings (SSSR count). The first-order chi connectivity index (χ1) is 19.2. The summed E-state index contributed by atoms with van der Waals surface area (Å²) >= 11 is 1.04. The van der Waals surface area contributed by atoms with Gasteiger partial charge in [-0.05, 0) is 67.4 Å². The second-order valence-corrected chi connectivity index (χ2v) is 13.4. The van der Waals surface area contributed by atoms with Crippen LogP contribution in [0.25, 0.3) is 11.1 Å². The van der Waals surface area contributed by atoms with Crippen LogP contribution in [0.5, 0.6) is 5.75 Å². The molecule has 1 aliphatic rings. The van der Waals surface area contributed by atoms with Gasteiger partial charge in [-0.1, -0.05) is 23.9 Å². The Bertz CT molecular complexity index is 1750. The molecule has 1 fully saturated rings. The Hall–Kier alpha value is -3.59. The number of rotatable bonds is 10. The minimum Gasteiger partial charge on any atom is -0.495 e. The highest BCUT2D eigenvalue weighted by atomic mass is 32.2. The number of benzene rings is 3. The number of ether oxygens (including phenoxy) is 1. The van der Waals surface area contributed by atoms with E-state index >= 15 is 0 Å². The van der Waals surface area contributed by atoms with Gasteiger partial charge in [0.05, 0.1) is 28.3 Å². The molecule has 210 valence electrons. The molecule has 0 spiro atoms. The van der Waals surface area contributed by atoms with Gasteiger partial charge in [0, 0.05) is 18.8 Å². The molecule has 1 aromatic heterocycles. The third kappa shape index (κ3) is 6.09. The fourth-order valence-electron chi connectivity index (χ4n) is 4.16. The molecule has 1 amide bonds. The Balaban J connectivity index is 1.21. The zero-order valence-corrected chi connectivity index (χ0v) is 23.8. The number of carbonyl (C=O) groups excluding carboxylic acids is 1. The average molecular weight is 603 g/mol. The first-order valence-corrected chi connectivity index (χ1v) is 16.2. The fourth-order valence-corrected chi connectivity index (χ4v) is 7.41. The molecule has 0 radical (unpaired) electrons. The molecule has 3 aromatic carbocycles. The molecular formula is C26H26N4O7S3. The van der Waals surface area contributed by atoms with Gasteiger partial charge in [-0.25, -0.2) is 21.8 Å².